The van der Waals surface area contributed by atoms with E-state index >= 15 is 0 Å². The van der Waals surface area contributed by atoms with Crippen molar-refractivity contribution in [2.75, 3.05) is 12.0 Å². The molecule has 1 rings (SSSR count). The average molecular weight is 268 g/mol. The molecule has 98 valence electrons. The molecule has 0 saturated carbocycles. The Bertz CT molecular complexity index is 538. The molecule has 19 heavy (non-hydrogen) atoms. The highest BCUT2D eigenvalue weighted by Crippen LogP contribution is 2.21. The molecule has 1 N–H and O–H groups in total. The van der Waals surface area contributed by atoms with Gasteiger partial charge in [-0.2, -0.15) is 28.8 Å². The summed E-state index contributed by atoms with van der Waals surface area (Å²) >= 11 is 0. The number of anilines is 1. The summed E-state index contributed by atoms with van der Waals surface area (Å²) in [7, 11) is 0. The van der Waals surface area contributed by atoms with E-state index in [-0.39, 0.29) is 5.75 Å². The SMILES string of the molecule is N#CC(C#N)=NNc1cccc(OCC(F)(F)F)c1. The number of rotatable bonds is 4. The normalized spacial score (nSPS) is 9.95. The lowest BCUT2D eigenvalue weighted by Crippen LogP contribution is -2.19. The molecule has 0 aromatic heterocycles. The molecule has 0 aliphatic heterocycles. The zero-order valence-electron chi connectivity index (χ0n) is 9.40. The molecule has 0 saturated heterocycles. The second-order valence-corrected chi connectivity index (χ2v) is 3.23. The number of benzene rings is 1. The van der Waals surface area contributed by atoms with Crippen LogP contribution in [0.15, 0.2) is 29.4 Å². The van der Waals surface area contributed by atoms with Crippen LogP contribution in [0.5, 0.6) is 5.75 Å². The fourth-order valence-electron chi connectivity index (χ4n) is 1.02. The lowest BCUT2D eigenvalue weighted by molar-refractivity contribution is -0.153. The second-order valence-electron chi connectivity index (χ2n) is 3.23. The van der Waals surface area contributed by atoms with Crippen molar-refractivity contribution in [2.45, 2.75) is 6.18 Å². The minimum absolute atomic E-state index is 0.00649. The van der Waals surface area contributed by atoms with Gasteiger partial charge in [0.25, 0.3) is 0 Å². The molecular formula is C11H7F3N4O. The number of nitriles is 2. The summed E-state index contributed by atoms with van der Waals surface area (Å²) in [6, 6.07) is 8.61. The standard InChI is InChI=1S/C11H7F3N4O/c12-11(13,14)7-19-10-3-1-2-8(4-10)17-18-9(5-15)6-16/h1-4,17H,7H2. The molecule has 5 nitrogen and oxygen atoms in total. The summed E-state index contributed by atoms with van der Waals surface area (Å²) in [4.78, 5) is 0. The van der Waals surface area contributed by atoms with Crippen LogP contribution in [0.3, 0.4) is 0 Å². The number of alkyl halides is 3. The quantitative estimate of drug-likeness (QED) is 0.671. The van der Waals surface area contributed by atoms with Gasteiger partial charge in [0, 0.05) is 6.07 Å². The van der Waals surface area contributed by atoms with Crippen molar-refractivity contribution in [3.63, 3.8) is 0 Å². The van der Waals surface area contributed by atoms with Crippen LogP contribution >= 0.6 is 0 Å². The number of hydrogen-bond donors (Lipinski definition) is 1. The summed E-state index contributed by atoms with van der Waals surface area (Å²) in [5.74, 6) is -0.00649. The number of hydrogen-bond acceptors (Lipinski definition) is 5. The Morgan fingerprint density at radius 1 is 1.32 bits per heavy atom. The van der Waals surface area contributed by atoms with E-state index in [0.29, 0.717) is 5.69 Å². The summed E-state index contributed by atoms with van der Waals surface area (Å²) in [6.45, 7) is -1.40. The third-order valence-corrected chi connectivity index (χ3v) is 1.75. The minimum atomic E-state index is -4.42. The van der Waals surface area contributed by atoms with Gasteiger partial charge in [-0.05, 0) is 12.1 Å². The van der Waals surface area contributed by atoms with Gasteiger partial charge < -0.3 is 4.74 Å². The number of nitrogens with zero attached hydrogens (tertiary/aromatic N) is 3. The molecule has 0 bridgehead atoms. The van der Waals surface area contributed by atoms with Crippen LogP contribution in [0.4, 0.5) is 18.9 Å². The monoisotopic (exact) mass is 268 g/mol. The molecule has 0 aliphatic carbocycles. The Labute approximate surface area is 106 Å². The molecule has 0 spiro atoms. The predicted octanol–water partition coefficient (Wildman–Crippen LogP) is 2.44. The highest BCUT2D eigenvalue weighted by molar-refractivity contribution is 6.10. The molecule has 0 unspecified atom stereocenters. The lowest BCUT2D eigenvalue weighted by Gasteiger charge is -2.09. The van der Waals surface area contributed by atoms with Crippen molar-refractivity contribution in [3.05, 3.63) is 24.3 Å². The van der Waals surface area contributed by atoms with E-state index in [1.807, 2.05) is 0 Å². The third kappa shape index (κ3) is 5.41. The van der Waals surface area contributed by atoms with Gasteiger partial charge in [0.1, 0.15) is 17.9 Å². The van der Waals surface area contributed by atoms with Crippen LogP contribution in [0.25, 0.3) is 0 Å². The zero-order valence-corrected chi connectivity index (χ0v) is 9.40. The van der Waals surface area contributed by atoms with Crippen molar-refractivity contribution in [1.29, 1.82) is 10.5 Å². The summed E-state index contributed by atoms with van der Waals surface area (Å²) < 4.78 is 40.4. The van der Waals surface area contributed by atoms with Gasteiger partial charge in [0.05, 0.1) is 5.69 Å². The molecule has 0 radical (unpaired) electrons. The van der Waals surface area contributed by atoms with Gasteiger partial charge in [-0.3, -0.25) is 5.43 Å². The smallest absolute Gasteiger partial charge is 0.422 e. The van der Waals surface area contributed by atoms with Crippen molar-refractivity contribution >= 4 is 11.4 Å². The van der Waals surface area contributed by atoms with Crippen LogP contribution in [-0.2, 0) is 0 Å². The van der Waals surface area contributed by atoms with Crippen LogP contribution in [-0.4, -0.2) is 18.5 Å². The first kappa shape index (κ1) is 14.3. The van der Waals surface area contributed by atoms with E-state index in [1.165, 1.54) is 36.4 Å². The van der Waals surface area contributed by atoms with Crippen molar-refractivity contribution in [3.8, 4) is 17.9 Å². The fourth-order valence-corrected chi connectivity index (χ4v) is 1.02. The molecule has 0 atom stereocenters. The molecule has 0 heterocycles. The van der Waals surface area contributed by atoms with Gasteiger partial charge >= 0.3 is 6.18 Å². The maximum absolute atomic E-state index is 12.0. The second kappa shape index (κ2) is 6.26. The van der Waals surface area contributed by atoms with Crippen molar-refractivity contribution in [1.82, 2.24) is 0 Å². The Morgan fingerprint density at radius 2 is 2.00 bits per heavy atom. The number of hydrazone groups is 1. The van der Waals surface area contributed by atoms with Gasteiger partial charge in [0.15, 0.2) is 6.61 Å². The average Bonchev–Trinajstić information content (AvgIpc) is 2.37. The summed E-state index contributed by atoms with van der Waals surface area (Å²) in [5, 5.41) is 20.3. The molecular weight excluding hydrogens is 261 g/mol. The fraction of sp³-hybridized carbons (Fsp3) is 0.182. The number of halogens is 3. The third-order valence-electron chi connectivity index (χ3n) is 1.75. The van der Waals surface area contributed by atoms with E-state index in [1.54, 1.807) is 0 Å². The zero-order chi connectivity index (χ0) is 14.3. The first-order valence-corrected chi connectivity index (χ1v) is 4.88. The van der Waals surface area contributed by atoms with Crippen molar-refractivity contribution in [2.24, 2.45) is 5.10 Å². The van der Waals surface area contributed by atoms with Gasteiger partial charge in [-0.15, -0.1) is 0 Å². The van der Waals surface area contributed by atoms with E-state index in [4.69, 9.17) is 10.5 Å². The Balaban J connectivity index is 2.71. The predicted molar refractivity (Wildman–Crippen MR) is 60.3 cm³/mol. The molecule has 1 aromatic rings. The van der Waals surface area contributed by atoms with Crippen LogP contribution in [0, 0.1) is 22.7 Å². The molecule has 0 aliphatic rings. The first-order chi connectivity index (χ1) is 8.94. The topological polar surface area (TPSA) is 81.2 Å². The molecule has 1 aromatic carbocycles. The van der Waals surface area contributed by atoms with E-state index in [9.17, 15) is 13.2 Å². The number of nitrogens with one attached hydrogen (secondary N) is 1. The Morgan fingerprint density at radius 3 is 2.58 bits per heavy atom. The van der Waals surface area contributed by atoms with Gasteiger partial charge in [-0.1, -0.05) is 6.07 Å². The first-order valence-electron chi connectivity index (χ1n) is 4.88. The highest BCUT2D eigenvalue weighted by Gasteiger charge is 2.28. The largest absolute Gasteiger partial charge is 0.484 e. The highest BCUT2D eigenvalue weighted by atomic mass is 19.4. The van der Waals surface area contributed by atoms with Crippen molar-refractivity contribution < 1.29 is 17.9 Å². The Kier molecular flexibility index (Phi) is 4.72. The molecule has 0 fully saturated rings. The minimum Gasteiger partial charge on any atom is -0.484 e. The maximum Gasteiger partial charge on any atom is 0.422 e. The van der Waals surface area contributed by atoms with Crippen LogP contribution in [0.1, 0.15) is 0 Å². The summed E-state index contributed by atoms with van der Waals surface area (Å²) in [5.41, 5.74) is 2.26. The van der Waals surface area contributed by atoms with E-state index < -0.39 is 18.5 Å². The molecule has 0 amide bonds. The van der Waals surface area contributed by atoms with E-state index in [0.717, 1.165) is 0 Å². The van der Waals surface area contributed by atoms with Gasteiger partial charge in [-0.25, -0.2) is 0 Å². The Hall–Kier alpha value is -2.74. The lowest BCUT2D eigenvalue weighted by atomic mass is 10.3. The molecule has 8 heteroatoms. The summed E-state index contributed by atoms with van der Waals surface area (Å²) in [6.07, 6.45) is -4.42. The maximum atomic E-state index is 12.0. The van der Waals surface area contributed by atoms with Crippen LogP contribution < -0.4 is 10.2 Å². The van der Waals surface area contributed by atoms with Gasteiger partial charge in [0.2, 0.25) is 5.71 Å². The number of ether oxygens (including phenoxy) is 1. The van der Waals surface area contributed by atoms with Crippen LogP contribution in [0.2, 0.25) is 0 Å². The van der Waals surface area contributed by atoms with E-state index in [2.05, 4.69) is 15.3 Å².